The maximum absolute atomic E-state index is 13.4. The molecule has 21 heavy (non-hydrogen) atoms. The molecule has 0 fully saturated rings. The van der Waals surface area contributed by atoms with Gasteiger partial charge in [-0.05, 0) is 18.6 Å². The average Bonchev–Trinajstić information content (AvgIpc) is 2.48. The van der Waals surface area contributed by atoms with E-state index in [2.05, 4.69) is 24.2 Å². The topological polar surface area (TPSA) is 24.4 Å². The van der Waals surface area contributed by atoms with Gasteiger partial charge in [0.25, 0.3) is 0 Å². The molecule has 0 aliphatic rings. The molecule has 0 saturated carbocycles. The van der Waals surface area contributed by atoms with Crippen molar-refractivity contribution in [1.82, 2.24) is 5.32 Å². The summed E-state index contributed by atoms with van der Waals surface area (Å²) in [6.07, 6.45) is 2.93. The van der Waals surface area contributed by atoms with E-state index in [1.54, 1.807) is 31.2 Å². The van der Waals surface area contributed by atoms with Crippen LogP contribution in [0.15, 0.2) is 23.2 Å². The fraction of sp³-hybridized carbons (Fsp3) is 0.588. The van der Waals surface area contributed by atoms with Crippen LogP contribution < -0.4 is 5.32 Å². The van der Waals surface area contributed by atoms with Crippen LogP contribution in [0.2, 0.25) is 0 Å². The lowest BCUT2D eigenvalue weighted by Gasteiger charge is -2.06. The van der Waals surface area contributed by atoms with Crippen LogP contribution in [-0.4, -0.2) is 25.7 Å². The Morgan fingerprint density at radius 3 is 2.43 bits per heavy atom. The van der Waals surface area contributed by atoms with Crippen molar-refractivity contribution in [1.29, 1.82) is 0 Å². The highest BCUT2D eigenvalue weighted by Crippen LogP contribution is 2.18. The standard InChI is InChI=1S/C12H17FN2S.C3H8.C2H6/c1-10-4-3-5-12(13)11(10)8-16-7-6-15-9-14-2;1-3-2;1-2/h3-5,9H,6-8H2,1-2H3,(H,14,15);3H2,1-2H3;1-2H3. The highest BCUT2D eigenvalue weighted by atomic mass is 32.2. The highest BCUT2D eigenvalue weighted by molar-refractivity contribution is 7.98. The normalized spacial score (nSPS) is 9.48. The van der Waals surface area contributed by atoms with E-state index in [4.69, 9.17) is 0 Å². The van der Waals surface area contributed by atoms with Gasteiger partial charge in [-0.25, -0.2) is 4.39 Å². The number of benzene rings is 1. The molecule has 0 aliphatic carbocycles. The molecule has 0 heterocycles. The van der Waals surface area contributed by atoms with E-state index in [1.807, 2.05) is 26.8 Å². The van der Waals surface area contributed by atoms with Crippen LogP contribution in [-0.2, 0) is 5.75 Å². The van der Waals surface area contributed by atoms with E-state index in [1.165, 1.54) is 12.5 Å². The summed E-state index contributed by atoms with van der Waals surface area (Å²) >= 11 is 1.72. The summed E-state index contributed by atoms with van der Waals surface area (Å²) in [6, 6.07) is 5.21. The van der Waals surface area contributed by atoms with Crippen molar-refractivity contribution in [2.45, 2.75) is 46.8 Å². The zero-order valence-corrected chi connectivity index (χ0v) is 15.2. The molecule has 0 spiro atoms. The zero-order valence-electron chi connectivity index (χ0n) is 14.4. The number of hydrogen-bond acceptors (Lipinski definition) is 2. The number of aryl methyl sites for hydroxylation is 1. The first-order valence-electron chi connectivity index (χ1n) is 7.63. The number of rotatable bonds is 6. The number of aliphatic imine (C=N–C) groups is 1. The minimum atomic E-state index is -0.101. The van der Waals surface area contributed by atoms with Gasteiger partial charge in [-0.2, -0.15) is 11.8 Å². The summed E-state index contributed by atoms with van der Waals surface area (Å²) in [5.74, 6) is 1.57. The van der Waals surface area contributed by atoms with Gasteiger partial charge in [-0.15, -0.1) is 0 Å². The van der Waals surface area contributed by atoms with Gasteiger partial charge < -0.3 is 5.32 Å². The summed E-state index contributed by atoms with van der Waals surface area (Å²) in [6.45, 7) is 11.1. The summed E-state index contributed by atoms with van der Waals surface area (Å²) in [4.78, 5) is 3.81. The molecule has 2 nitrogen and oxygen atoms in total. The zero-order chi connectivity index (χ0) is 16.5. The Bertz CT molecular complexity index is 348. The maximum Gasteiger partial charge on any atom is 0.127 e. The van der Waals surface area contributed by atoms with Gasteiger partial charge in [0.1, 0.15) is 5.82 Å². The molecule has 0 atom stereocenters. The maximum atomic E-state index is 13.4. The van der Waals surface area contributed by atoms with Crippen molar-refractivity contribution in [2.75, 3.05) is 19.3 Å². The third kappa shape index (κ3) is 12.4. The smallest absolute Gasteiger partial charge is 0.127 e. The van der Waals surface area contributed by atoms with Gasteiger partial charge >= 0.3 is 0 Å². The van der Waals surface area contributed by atoms with Crippen LogP contribution in [0.5, 0.6) is 0 Å². The predicted molar refractivity (Wildman–Crippen MR) is 97.0 cm³/mol. The lowest BCUT2D eigenvalue weighted by atomic mass is 10.1. The average molecular weight is 315 g/mol. The Labute approximate surface area is 134 Å². The molecule has 1 aromatic carbocycles. The Hall–Kier alpha value is -1.03. The Kier molecular flexibility index (Phi) is 18.0. The predicted octanol–water partition coefficient (Wildman–Crippen LogP) is 5.06. The number of halogens is 1. The van der Waals surface area contributed by atoms with E-state index < -0.39 is 0 Å². The third-order valence-electron chi connectivity index (χ3n) is 2.21. The van der Waals surface area contributed by atoms with Gasteiger partial charge in [-0.1, -0.05) is 46.2 Å². The molecule has 0 unspecified atom stereocenters. The lowest BCUT2D eigenvalue weighted by molar-refractivity contribution is 0.615. The van der Waals surface area contributed by atoms with Crippen LogP contribution in [0.3, 0.4) is 0 Å². The molecule has 0 aromatic heterocycles. The van der Waals surface area contributed by atoms with Crippen molar-refractivity contribution >= 4 is 18.1 Å². The van der Waals surface area contributed by atoms with Crippen molar-refractivity contribution in [3.05, 3.63) is 35.1 Å². The van der Waals surface area contributed by atoms with E-state index in [0.717, 1.165) is 29.2 Å². The summed E-state index contributed by atoms with van der Waals surface area (Å²) in [5, 5.41) is 3.04. The van der Waals surface area contributed by atoms with Gasteiger partial charge in [0.15, 0.2) is 0 Å². The minimum Gasteiger partial charge on any atom is -0.376 e. The van der Waals surface area contributed by atoms with Crippen LogP contribution in [0.25, 0.3) is 0 Å². The van der Waals surface area contributed by atoms with Crippen molar-refractivity contribution in [2.24, 2.45) is 4.99 Å². The van der Waals surface area contributed by atoms with E-state index in [0.29, 0.717) is 0 Å². The second-order valence-electron chi connectivity index (χ2n) is 4.14. The molecule has 0 radical (unpaired) electrons. The van der Waals surface area contributed by atoms with Gasteiger partial charge in [0.05, 0.1) is 6.34 Å². The number of hydrogen-bond donors (Lipinski definition) is 1. The van der Waals surface area contributed by atoms with E-state index in [-0.39, 0.29) is 5.82 Å². The van der Waals surface area contributed by atoms with Crippen molar-refractivity contribution in [3.8, 4) is 0 Å². The molecule has 1 rings (SSSR count). The summed E-state index contributed by atoms with van der Waals surface area (Å²) in [7, 11) is 1.73. The van der Waals surface area contributed by atoms with Gasteiger partial charge in [-0.3, -0.25) is 4.99 Å². The molecule has 0 saturated heterocycles. The SMILES string of the molecule is CC.CCC.CN=CNCCSCc1c(C)cccc1F. The fourth-order valence-corrected chi connectivity index (χ4v) is 2.29. The molecule has 0 aliphatic heterocycles. The van der Waals surface area contributed by atoms with Crippen molar-refractivity contribution in [3.63, 3.8) is 0 Å². The number of nitrogens with zero attached hydrogens (tertiary/aromatic N) is 1. The molecule has 1 N–H and O–H groups in total. The first-order valence-corrected chi connectivity index (χ1v) is 8.78. The highest BCUT2D eigenvalue weighted by Gasteiger charge is 2.04. The fourth-order valence-electron chi connectivity index (χ4n) is 1.31. The molecular weight excluding hydrogens is 283 g/mol. The molecular formula is C17H31FN2S. The van der Waals surface area contributed by atoms with Crippen LogP contribution in [0, 0.1) is 12.7 Å². The van der Waals surface area contributed by atoms with Gasteiger partial charge in [0, 0.05) is 30.7 Å². The quantitative estimate of drug-likeness (QED) is 0.451. The molecule has 1 aromatic rings. The summed E-state index contributed by atoms with van der Waals surface area (Å²) < 4.78 is 13.4. The number of thioether (sulfide) groups is 1. The van der Waals surface area contributed by atoms with Crippen LogP contribution in [0.1, 0.15) is 45.2 Å². The largest absolute Gasteiger partial charge is 0.376 e. The molecule has 0 bridgehead atoms. The monoisotopic (exact) mass is 314 g/mol. The summed E-state index contributed by atoms with van der Waals surface area (Å²) in [5.41, 5.74) is 1.84. The Morgan fingerprint density at radius 2 is 1.90 bits per heavy atom. The third-order valence-corrected chi connectivity index (χ3v) is 3.20. The molecule has 4 heteroatoms. The second kappa shape index (κ2) is 17.0. The van der Waals surface area contributed by atoms with Gasteiger partial charge in [0.2, 0.25) is 0 Å². The minimum absolute atomic E-state index is 0.101. The van der Waals surface area contributed by atoms with Crippen molar-refractivity contribution < 1.29 is 4.39 Å². The molecule has 0 amide bonds. The number of nitrogens with one attached hydrogen (secondary N) is 1. The Morgan fingerprint density at radius 1 is 1.29 bits per heavy atom. The molecule has 122 valence electrons. The van der Waals surface area contributed by atoms with E-state index in [9.17, 15) is 4.39 Å². The first-order chi connectivity index (χ1) is 10.2. The Balaban J connectivity index is 0. The lowest BCUT2D eigenvalue weighted by Crippen LogP contribution is -2.14. The first kappa shape index (κ1) is 22.3. The van der Waals surface area contributed by atoms with Crippen LogP contribution in [0.4, 0.5) is 4.39 Å². The second-order valence-corrected chi connectivity index (χ2v) is 5.24. The van der Waals surface area contributed by atoms with E-state index >= 15 is 0 Å². The van der Waals surface area contributed by atoms with Crippen LogP contribution >= 0.6 is 11.8 Å².